The van der Waals surface area contributed by atoms with E-state index in [1.165, 1.54) is 23.7 Å². The number of nitrogens with one attached hydrogen (secondary N) is 1. The molecule has 0 atom stereocenters. The maximum Gasteiger partial charge on any atom is 0.332 e. The predicted molar refractivity (Wildman–Crippen MR) is 84.0 cm³/mol. The molecule has 106 valence electrons. The number of benzene rings is 1. The lowest BCUT2D eigenvalue weighted by Crippen LogP contribution is -2.38. The summed E-state index contributed by atoms with van der Waals surface area (Å²) in [5.74, 6) is -0.159. The van der Waals surface area contributed by atoms with Gasteiger partial charge in [0, 0.05) is 23.2 Å². The number of anilines is 2. The number of nitrogens with zero attached hydrogens (tertiary/aromatic N) is 2. The number of hydrogen-bond donors (Lipinski definition) is 1. The van der Waals surface area contributed by atoms with Gasteiger partial charge in [0.1, 0.15) is 11.6 Å². The summed E-state index contributed by atoms with van der Waals surface area (Å²) in [6.07, 6.45) is 0. The quantitative estimate of drug-likeness (QED) is 0.818. The van der Waals surface area contributed by atoms with E-state index in [2.05, 4.69) is 5.32 Å². The normalized spacial score (nSPS) is 10.6. The van der Waals surface area contributed by atoms with Gasteiger partial charge in [-0.25, -0.2) is 9.18 Å². The summed E-state index contributed by atoms with van der Waals surface area (Å²) in [5, 5.41) is 2.80. The first-order valence-electron chi connectivity index (χ1n) is 5.97. The number of hydrogen-bond acceptors (Lipinski definition) is 3. The van der Waals surface area contributed by atoms with Gasteiger partial charge in [0.25, 0.3) is 5.56 Å². The fourth-order valence-corrected chi connectivity index (χ4v) is 2.26. The molecule has 0 saturated heterocycles. The predicted octanol–water partition coefficient (Wildman–Crippen LogP) is 2.05. The Balaban J connectivity index is 2.54. The van der Waals surface area contributed by atoms with Gasteiger partial charge in [-0.15, -0.1) is 0 Å². The van der Waals surface area contributed by atoms with E-state index >= 15 is 0 Å². The average molecular weight is 389 g/mol. The fraction of sp³-hybridized carbons (Fsp3) is 0.231. The Morgan fingerprint density at radius 2 is 2.00 bits per heavy atom. The smallest absolute Gasteiger partial charge is 0.332 e. The van der Waals surface area contributed by atoms with Gasteiger partial charge < -0.3 is 5.32 Å². The minimum atomic E-state index is -0.437. The van der Waals surface area contributed by atoms with E-state index in [0.29, 0.717) is 6.54 Å². The summed E-state index contributed by atoms with van der Waals surface area (Å²) in [6.45, 7) is 2.16. The molecule has 2 rings (SSSR count). The summed E-state index contributed by atoms with van der Waals surface area (Å²) < 4.78 is 17.0. The van der Waals surface area contributed by atoms with Crippen molar-refractivity contribution in [3.05, 3.63) is 54.5 Å². The highest BCUT2D eigenvalue weighted by Gasteiger charge is 2.10. The van der Waals surface area contributed by atoms with E-state index in [1.807, 2.05) is 22.6 Å². The van der Waals surface area contributed by atoms with Gasteiger partial charge in [-0.2, -0.15) is 0 Å². The molecule has 1 N–H and O–H groups in total. The van der Waals surface area contributed by atoms with Crippen molar-refractivity contribution in [1.29, 1.82) is 0 Å². The Morgan fingerprint density at radius 3 is 2.60 bits per heavy atom. The molecule has 0 spiro atoms. The second kappa shape index (κ2) is 5.78. The van der Waals surface area contributed by atoms with Gasteiger partial charge in [-0.3, -0.25) is 13.9 Å². The molecule has 0 aliphatic heterocycles. The maximum absolute atomic E-state index is 13.8. The van der Waals surface area contributed by atoms with Gasteiger partial charge in [0.2, 0.25) is 0 Å². The highest BCUT2D eigenvalue weighted by Crippen LogP contribution is 2.20. The zero-order valence-corrected chi connectivity index (χ0v) is 13.1. The van der Waals surface area contributed by atoms with Crippen molar-refractivity contribution in [1.82, 2.24) is 9.13 Å². The highest BCUT2D eigenvalue weighted by molar-refractivity contribution is 14.1. The van der Waals surface area contributed by atoms with Crippen LogP contribution in [0.3, 0.4) is 0 Å². The van der Waals surface area contributed by atoms with Crippen molar-refractivity contribution < 1.29 is 4.39 Å². The van der Waals surface area contributed by atoms with E-state index in [0.717, 1.165) is 8.14 Å². The Morgan fingerprint density at radius 1 is 1.30 bits per heavy atom. The maximum atomic E-state index is 13.8. The van der Waals surface area contributed by atoms with Crippen molar-refractivity contribution in [3.8, 4) is 0 Å². The Labute approximate surface area is 128 Å². The lowest BCUT2D eigenvalue weighted by molar-refractivity contribution is 0.624. The first-order chi connectivity index (χ1) is 9.43. The molecule has 0 unspecified atom stereocenters. The molecule has 20 heavy (non-hydrogen) atoms. The molecule has 1 aromatic heterocycles. The molecular weight excluding hydrogens is 376 g/mol. The molecule has 1 aromatic carbocycles. The lowest BCUT2D eigenvalue weighted by Gasteiger charge is -2.14. The van der Waals surface area contributed by atoms with Crippen LogP contribution in [0.15, 0.2) is 33.9 Å². The molecule has 0 amide bonds. The first kappa shape index (κ1) is 14.8. The van der Waals surface area contributed by atoms with E-state index in [9.17, 15) is 14.0 Å². The lowest BCUT2D eigenvalue weighted by atomic mass is 10.3. The number of aromatic nitrogens is 2. The minimum absolute atomic E-state index is 0.222. The second-order valence-corrected chi connectivity index (χ2v) is 5.45. The Kier molecular flexibility index (Phi) is 4.26. The summed E-state index contributed by atoms with van der Waals surface area (Å²) in [4.78, 5) is 23.6. The van der Waals surface area contributed by atoms with Crippen LogP contribution >= 0.6 is 22.6 Å². The van der Waals surface area contributed by atoms with E-state index in [1.54, 1.807) is 19.1 Å². The van der Waals surface area contributed by atoms with Crippen molar-refractivity contribution in [2.45, 2.75) is 13.5 Å². The third-order valence-electron chi connectivity index (χ3n) is 2.91. The third-order valence-corrected chi connectivity index (χ3v) is 3.58. The van der Waals surface area contributed by atoms with Gasteiger partial charge in [-0.05, 0) is 47.7 Å². The van der Waals surface area contributed by atoms with Crippen LogP contribution < -0.4 is 16.6 Å². The van der Waals surface area contributed by atoms with Gasteiger partial charge >= 0.3 is 5.69 Å². The zero-order valence-electron chi connectivity index (χ0n) is 11.0. The monoisotopic (exact) mass is 389 g/mol. The van der Waals surface area contributed by atoms with Crippen LogP contribution in [0.4, 0.5) is 15.9 Å². The molecule has 0 aliphatic rings. The molecule has 0 saturated carbocycles. The molecule has 0 aliphatic carbocycles. The zero-order chi connectivity index (χ0) is 14.9. The van der Waals surface area contributed by atoms with E-state index in [4.69, 9.17) is 0 Å². The Hall–Kier alpha value is -1.64. The molecule has 7 heteroatoms. The van der Waals surface area contributed by atoms with Crippen molar-refractivity contribution in [2.75, 3.05) is 5.32 Å². The van der Waals surface area contributed by atoms with Gasteiger partial charge in [0.05, 0.1) is 5.69 Å². The first-order valence-corrected chi connectivity index (χ1v) is 7.05. The van der Waals surface area contributed by atoms with E-state index < -0.39 is 17.1 Å². The van der Waals surface area contributed by atoms with Gasteiger partial charge in [-0.1, -0.05) is 0 Å². The standard InChI is InChI=1S/C13H13FIN3O2/c1-3-18-11(7-12(19)17(2)13(18)20)16-10-5-4-8(15)6-9(10)14/h4-7,16H,3H2,1-2H3. The molecule has 1 heterocycles. The summed E-state index contributed by atoms with van der Waals surface area (Å²) in [6, 6.07) is 5.96. The fourth-order valence-electron chi connectivity index (χ4n) is 1.81. The largest absolute Gasteiger partial charge is 0.339 e. The number of halogens is 2. The molecule has 0 radical (unpaired) electrons. The van der Waals surface area contributed by atoms with Crippen LogP contribution in [0.25, 0.3) is 0 Å². The van der Waals surface area contributed by atoms with Crippen LogP contribution in [0.2, 0.25) is 0 Å². The van der Waals surface area contributed by atoms with Crippen LogP contribution in [-0.2, 0) is 13.6 Å². The van der Waals surface area contributed by atoms with Crippen LogP contribution in [-0.4, -0.2) is 9.13 Å². The van der Waals surface area contributed by atoms with Crippen molar-refractivity contribution in [3.63, 3.8) is 0 Å². The Bertz CT molecular complexity index is 767. The van der Waals surface area contributed by atoms with Crippen LogP contribution in [0.1, 0.15) is 6.92 Å². The van der Waals surface area contributed by atoms with Crippen molar-refractivity contribution >= 4 is 34.1 Å². The van der Waals surface area contributed by atoms with E-state index in [-0.39, 0.29) is 11.5 Å². The molecule has 0 bridgehead atoms. The second-order valence-electron chi connectivity index (χ2n) is 4.20. The highest BCUT2D eigenvalue weighted by atomic mass is 127. The summed E-state index contributed by atoms with van der Waals surface area (Å²) in [5.41, 5.74) is -0.651. The SMILES string of the molecule is CCn1c(Nc2ccc(I)cc2F)cc(=O)n(C)c1=O. The third kappa shape index (κ3) is 2.77. The summed E-state index contributed by atoms with van der Waals surface area (Å²) >= 11 is 2.01. The average Bonchev–Trinajstić information content (AvgIpc) is 2.40. The van der Waals surface area contributed by atoms with Crippen LogP contribution in [0.5, 0.6) is 0 Å². The topological polar surface area (TPSA) is 56.0 Å². The minimum Gasteiger partial charge on any atom is -0.339 e. The van der Waals surface area contributed by atoms with Crippen molar-refractivity contribution in [2.24, 2.45) is 7.05 Å². The number of rotatable bonds is 3. The van der Waals surface area contributed by atoms with Gasteiger partial charge in [0.15, 0.2) is 0 Å². The molecular formula is C13H13FIN3O2. The summed E-state index contributed by atoms with van der Waals surface area (Å²) in [7, 11) is 1.41. The molecule has 0 fully saturated rings. The van der Waals surface area contributed by atoms with Crippen LogP contribution in [0, 0.1) is 9.39 Å². The molecule has 5 nitrogen and oxygen atoms in total. The molecule has 2 aromatic rings.